The van der Waals surface area contributed by atoms with Gasteiger partial charge in [-0.3, -0.25) is 14.9 Å². The zero-order chi connectivity index (χ0) is 16.0. The highest BCUT2D eigenvalue weighted by Crippen LogP contribution is 2.28. The number of carbonyl (C=O) groups is 1. The van der Waals surface area contributed by atoms with Crippen LogP contribution >= 0.6 is 0 Å². The number of nitro groups is 1. The second-order valence-corrected chi connectivity index (χ2v) is 5.16. The van der Waals surface area contributed by atoms with E-state index in [0.29, 0.717) is 24.6 Å². The molecule has 1 aromatic rings. The van der Waals surface area contributed by atoms with Crippen LogP contribution in [0.2, 0.25) is 0 Å². The topological polar surface area (TPSA) is 102 Å². The summed E-state index contributed by atoms with van der Waals surface area (Å²) < 4.78 is 1.59. The van der Waals surface area contributed by atoms with Gasteiger partial charge in [-0.05, 0) is 27.2 Å². The Morgan fingerprint density at radius 2 is 2.14 bits per heavy atom. The first-order chi connectivity index (χ1) is 9.86. The lowest BCUT2D eigenvalue weighted by Crippen LogP contribution is -2.31. The molecule has 2 N–H and O–H groups in total. The second-order valence-electron chi connectivity index (χ2n) is 5.16. The number of aryl methyl sites for hydroxylation is 2. The van der Waals surface area contributed by atoms with Gasteiger partial charge in [0.15, 0.2) is 0 Å². The van der Waals surface area contributed by atoms with Crippen LogP contribution in [0.15, 0.2) is 0 Å². The van der Waals surface area contributed by atoms with E-state index in [4.69, 9.17) is 0 Å². The molecule has 8 nitrogen and oxygen atoms in total. The molecule has 0 aliphatic rings. The van der Waals surface area contributed by atoms with Crippen LogP contribution in [-0.4, -0.2) is 33.2 Å². The number of aromatic nitrogens is 2. The second kappa shape index (κ2) is 7.61. The molecule has 118 valence electrons. The van der Waals surface area contributed by atoms with Crippen LogP contribution in [-0.2, 0) is 11.3 Å². The fourth-order valence-corrected chi connectivity index (χ4v) is 2.03. The van der Waals surface area contributed by atoms with Crippen molar-refractivity contribution in [3.63, 3.8) is 0 Å². The predicted octanol–water partition coefficient (Wildman–Crippen LogP) is 1.84. The minimum atomic E-state index is -0.439. The van der Waals surface area contributed by atoms with E-state index in [2.05, 4.69) is 15.7 Å². The Morgan fingerprint density at radius 1 is 1.48 bits per heavy atom. The molecule has 0 aliphatic heterocycles. The molecule has 0 atom stereocenters. The van der Waals surface area contributed by atoms with Gasteiger partial charge in [-0.25, -0.2) is 4.68 Å². The first-order valence-electron chi connectivity index (χ1n) is 7.11. The molecule has 0 saturated carbocycles. The van der Waals surface area contributed by atoms with Crippen LogP contribution in [0.1, 0.15) is 39.3 Å². The molecule has 0 unspecified atom stereocenters. The molecule has 1 rings (SSSR count). The predicted molar refractivity (Wildman–Crippen MR) is 80.3 cm³/mol. The van der Waals surface area contributed by atoms with E-state index in [9.17, 15) is 14.9 Å². The minimum absolute atomic E-state index is 0.0206. The number of hydrogen-bond acceptors (Lipinski definition) is 5. The molecule has 21 heavy (non-hydrogen) atoms. The standard InChI is InChI=1S/C13H23N5O3/c1-5-8-17-13(12(18(20)21)10(4)16-17)14-7-6-11(19)15-9(2)3/h9,14H,5-8H2,1-4H3,(H,15,19). The Morgan fingerprint density at radius 3 is 2.67 bits per heavy atom. The summed E-state index contributed by atoms with van der Waals surface area (Å²) in [4.78, 5) is 22.3. The van der Waals surface area contributed by atoms with Crippen LogP contribution < -0.4 is 10.6 Å². The molecule has 0 radical (unpaired) electrons. The third-order valence-corrected chi connectivity index (χ3v) is 2.81. The number of carbonyl (C=O) groups excluding carboxylic acids is 1. The lowest BCUT2D eigenvalue weighted by molar-refractivity contribution is -0.384. The number of nitrogens with zero attached hydrogens (tertiary/aromatic N) is 3. The SMILES string of the molecule is CCCn1nc(C)c([N+](=O)[O-])c1NCCC(=O)NC(C)C. The minimum Gasteiger partial charge on any atom is -0.364 e. The number of anilines is 1. The van der Waals surface area contributed by atoms with Gasteiger partial charge in [-0.2, -0.15) is 5.10 Å². The third-order valence-electron chi connectivity index (χ3n) is 2.81. The maximum atomic E-state index is 11.6. The first-order valence-corrected chi connectivity index (χ1v) is 7.11. The third kappa shape index (κ3) is 4.73. The molecule has 0 bridgehead atoms. The van der Waals surface area contributed by atoms with Crippen LogP contribution in [0.5, 0.6) is 0 Å². The summed E-state index contributed by atoms with van der Waals surface area (Å²) in [5.41, 5.74) is 0.357. The summed E-state index contributed by atoms with van der Waals surface area (Å²) in [7, 11) is 0. The van der Waals surface area contributed by atoms with Gasteiger partial charge < -0.3 is 10.6 Å². The Balaban J connectivity index is 2.76. The van der Waals surface area contributed by atoms with Crippen LogP contribution in [0.4, 0.5) is 11.5 Å². The summed E-state index contributed by atoms with van der Waals surface area (Å²) in [6, 6.07) is 0.0831. The quantitative estimate of drug-likeness (QED) is 0.563. The van der Waals surface area contributed by atoms with Crippen molar-refractivity contribution in [2.75, 3.05) is 11.9 Å². The molecule has 0 aliphatic carbocycles. The normalized spacial score (nSPS) is 10.7. The lowest BCUT2D eigenvalue weighted by atomic mass is 10.3. The molecule has 1 heterocycles. The maximum absolute atomic E-state index is 11.6. The molecular formula is C13H23N5O3. The average molecular weight is 297 g/mol. The van der Waals surface area contributed by atoms with Crippen molar-refractivity contribution in [3.05, 3.63) is 15.8 Å². The zero-order valence-corrected chi connectivity index (χ0v) is 13.0. The smallest absolute Gasteiger partial charge is 0.333 e. The summed E-state index contributed by atoms with van der Waals surface area (Å²) in [6.45, 7) is 8.28. The monoisotopic (exact) mass is 297 g/mol. The summed E-state index contributed by atoms with van der Waals surface area (Å²) in [5.74, 6) is 0.287. The largest absolute Gasteiger partial charge is 0.364 e. The van der Waals surface area contributed by atoms with E-state index >= 15 is 0 Å². The van der Waals surface area contributed by atoms with Crippen molar-refractivity contribution in [1.82, 2.24) is 15.1 Å². The zero-order valence-electron chi connectivity index (χ0n) is 13.0. The molecule has 0 spiro atoms. The summed E-state index contributed by atoms with van der Waals surface area (Å²) in [6.07, 6.45) is 1.08. The Hall–Kier alpha value is -2.12. The Bertz CT molecular complexity index is 510. The van der Waals surface area contributed by atoms with Crippen molar-refractivity contribution < 1.29 is 9.72 Å². The maximum Gasteiger partial charge on any atom is 0.333 e. The highest BCUT2D eigenvalue weighted by molar-refractivity contribution is 5.76. The molecule has 1 aromatic heterocycles. The van der Waals surface area contributed by atoms with E-state index in [0.717, 1.165) is 6.42 Å². The summed E-state index contributed by atoms with van der Waals surface area (Å²) >= 11 is 0. The Labute approximate surface area is 124 Å². The van der Waals surface area contributed by atoms with E-state index in [1.807, 2.05) is 20.8 Å². The number of rotatable bonds is 8. The number of nitrogens with one attached hydrogen (secondary N) is 2. The van der Waals surface area contributed by atoms with Gasteiger partial charge in [0, 0.05) is 25.6 Å². The van der Waals surface area contributed by atoms with Crippen LogP contribution in [0.3, 0.4) is 0 Å². The van der Waals surface area contributed by atoms with Gasteiger partial charge in [0.25, 0.3) is 0 Å². The van der Waals surface area contributed by atoms with E-state index in [1.165, 1.54) is 0 Å². The molecular weight excluding hydrogens is 274 g/mol. The van der Waals surface area contributed by atoms with Gasteiger partial charge in [-0.15, -0.1) is 0 Å². The fraction of sp³-hybridized carbons (Fsp3) is 0.692. The molecule has 8 heteroatoms. The lowest BCUT2D eigenvalue weighted by Gasteiger charge is -2.10. The van der Waals surface area contributed by atoms with E-state index < -0.39 is 4.92 Å². The van der Waals surface area contributed by atoms with Crippen molar-refractivity contribution >= 4 is 17.4 Å². The highest BCUT2D eigenvalue weighted by Gasteiger charge is 2.24. The first kappa shape index (κ1) is 16.9. The van der Waals surface area contributed by atoms with Gasteiger partial charge in [0.05, 0.1) is 4.92 Å². The highest BCUT2D eigenvalue weighted by atomic mass is 16.6. The van der Waals surface area contributed by atoms with E-state index in [-0.39, 0.29) is 24.1 Å². The van der Waals surface area contributed by atoms with Gasteiger partial charge in [0.1, 0.15) is 5.69 Å². The van der Waals surface area contributed by atoms with Crippen molar-refractivity contribution in [3.8, 4) is 0 Å². The van der Waals surface area contributed by atoms with E-state index in [1.54, 1.807) is 11.6 Å². The van der Waals surface area contributed by atoms with Crippen molar-refractivity contribution in [2.24, 2.45) is 0 Å². The Kier molecular flexibility index (Phi) is 6.13. The molecule has 1 amide bonds. The van der Waals surface area contributed by atoms with Crippen molar-refractivity contribution in [2.45, 2.75) is 53.1 Å². The summed E-state index contributed by atoms with van der Waals surface area (Å²) in [5, 5.41) is 21.1. The van der Waals surface area contributed by atoms with Gasteiger partial charge >= 0.3 is 5.69 Å². The fourth-order valence-electron chi connectivity index (χ4n) is 2.03. The molecule has 0 saturated heterocycles. The average Bonchev–Trinajstić information content (AvgIpc) is 2.65. The molecule has 0 aromatic carbocycles. The number of amides is 1. The van der Waals surface area contributed by atoms with Crippen molar-refractivity contribution in [1.29, 1.82) is 0 Å². The van der Waals surface area contributed by atoms with Crippen LogP contribution in [0, 0.1) is 17.0 Å². The van der Waals surface area contributed by atoms with Crippen LogP contribution in [0.25, 0.3) is 0 Å². The molecule has 0 fully saturated rings. The van der Waals surface area contributed by atoms with Gasteiger partial charge in [-0.1, -0.05) is 6.92 Å². The number of hydrogen-bond donors (Lipinski definition) is 2. The van der Waals surface area contributed by atoms with Gasteiger partial charge in [0.2, 0.25) is 11.7 Å².